The summed E-state index contributed by atoms with van der Waals surface area (Å²) in [5.41, 5.74) is 1.83. The summed E-state index contributed by atoms with van der Waals surface area (Å²) in [5.74, 6) is 0.928. The van der Waals surface area contributed by atoms with E-state index >= 15 is 0 Å². The van der Waals surface area contributed by atoms with E-state index in [0.717, 1.165) is 16.9 Å². The van der Waals surface area contributed by atoms with Gasteiger partial charge in [-0.25, -0.2) is 4.39 Å². The molecule has 0 heterocycles. The number of halogens is 4. The third-order valence-electron chi connectivity index (χ3n) is 3.73. The first-order valence-electron chi connectivity index (χ1n) is 6.81. The highest BCUT2D eigenvalue weighted by Crippen LogP contribution is 2.36. The van der Waals surface area contributed by atoms with Crippen molar-refractivity contribution in [2.45, 2.75) is 11.8 Å². The Hall–Kier alpha value is -0.960. The lowest BCUT2D eigenvalue weighted by molar-refractivity contribution is 0.414. The molecule has 2 unspecified atom stereocenters. The van der Waals surface area contributed by atoms with Crippen molar-refractivity contribution in [1.29, 1.82) is 0 Å². The van der Waals surface area contributed by atoms with Crippen molar-refractivity contribution in [2.24, 2.45) is 0 Å². The van der Waals surface area contributed by atoms with E-state index in [2.05, 4.69) is 0 Å². The van der Waals surface area contributed by atoms with Crippen molar-refractivity contribution in [1.82, 2.24) is 0 Å². The molecule has 22 heavy (non-hydrogen) atoms. The number of hydrogen-bond acceptors (Lipinski definition) is 1. The summed E-state index contributed by atoms with van der Waals surface area (Å²) >= 11 is 18.0. The Labute approximate surface area is 145 Å². The van der Waals surface area contributed by atoms with E-state index in [1.54, 1.807) is 19.2 Å². The van der Waals surface area contributed by atoms with Gasteiger partial charge in [-0.1, -0.05) is 29.8 Å². The average molecular weight is 362 g/mol. The zero-order valence-corrected chi connectivity index (χ0v) is 14.3. The quantitative estimate of drug-likeness (QED) is 0.588. The largest absolute Gasteiger partial charge is 0.497 e. The van der Waals surface area contributed by atoms with Gasteiger partial charge in [0.1, 0.15) is 11.6 Å². The first-order valence-corrected chi connectivity index (χ1v) is 8.26. The fourth-order valence-electron chi connectivity index (χ4n) is 2.45. The van der Waals surface area contributed by atoms with Crippen LogP contribution in [0, 0.1) is 5.82 Å². The van der Waals surface area contributed by atoms with Crippen LogP contribution in [0.5, 0.6) is 5.75 Å². The first kappa shape index (κ1) is 17.4. The van der Waals surface area contributed by atoms with Gasteiger partial charge in [-0.05, 0) is 35.4 Å². The highest BCUT2D eigenvalue weighted by atomic mass is 35.5. The van der Waals surface area contributed by atoms with Crippen molar-refractivity contribution in [3.05, 3.63) is 64.4 Å². The second-order valence-electron chi connectivity index (χ2n) is 4.97. The zero-order valence-electron chi connectivity index (χ0n) is 12.0. The standard InChI is InChI=1S/C17H16Cl3FO/c1-22-13-5-2-11(3-6-13)14(9-18)15(10-19)12-4-7-16(20)17(21)8-12/h2-8,14-15H,9-10H2,1H3. The fraction of sp³-hybridized carbons (Fsp3) is 0.294. The molecule has 0 bridgehead atoms. The minimum absolute atomic E-state index is 0.0225. The summed E-state index contributed by atoms with van der Waals surface area (Å²) in [6.45, 7) is 0. The second-order valence-corrected chi connectivity index (χ2v) is 5.99. The van der Waals surface area contributed by atoms with E-state index in [1.165, 1.54) is 6.07 Å². The Balaban J connectivity index is 2.34. The highest BCUT2D eigenvalue weighted by Gasteiger charge is 2.24. The maximum atomic E-state index is 13.7. The van der Waals surface area contributed by atoms with Crippen LogP contribution in [0.15, 0.2) is 42.5 Å². The van der Waals surface area contributed by atoms with Gasteiger partial charge in [-0.15, -0.1) is 23.2 Å². The molecule has 118 valence electrons. The van der Waals surface area contributed by atoms with Gasteiger partial charge in [0.2, 0.25) is 0 Å². The van der Waals surface area contributed by atoms with E-state index < -0.39 is 5.82 Å². The van der Waals surface area contributed by atoms with Crippen LogP contribution in [0.4, 0.5) is 4.39 Å². The minimum Gasteiger partial charge on any atom is -0.497 e. The molecule has 1 nitrogen and oxygen atoms in total. The van der Waals surface area contributed by atoms with E-state index in [0.29, 0.717) is 11.8 Å². The number of alkyl halides is 2. The molecule has 0 saturated carbocycles. The molecular formula is C17H16Cl3FO. The monoisotopic (exact) mass is 360 g/mol. The Morgan fingerprint density at radius 3 is 2.00 bits per heavy atom. The van der Waals surface area contributed by atoms with Crippen molar-refractivity contribution < 1.29 is 9.13 Å². The predicted molar refractivity (Wildman–Crippen MR) is 91.3 cm³/mol. The lowest BCUT2D eigenvalue weighted by atomic mass is 9.83. The Kier molecular flexibility index (Phi) is 6.37. The normalized spacial score (nSPS) is 13.7. The minimum atomic E-state index is -0.447. The fourth-order valence-corrected chi connectivity index (χ4v) is 3.36. The molecule has 0 radical (unpaired) electrons. The highest BCUT2D eigenvalue weighted by molar-refractivity contribution is 6.30. The van der Waals surface area contributed by atoms with Gasteiger partial charge in [0.05, 0.1) is 12.1 Å². The third-order valence-corrected chi connectivity index (χ3v) is 4.71. The molecule has 0 aromatic heterocycles. The van der Waals surface area contributed by atoms with Gasteiger partial charge in [0.25, 0.3) is 0 Å². The molecule has 0 fully saturated rings. The van der Waals surface area contributed by atoms with Gasteiger partial charge in [0.15, 0.2) is 0 Å². The Bertz CT molecular complexity index is 616. The second kappa shape index (κ2) is 8.05. The molecule has 5 heteroatoms. The van der Waals surface area contributed by atoms with Crippen molar-refractivity contribution in [3.8, 4) is 5.75 Å². The van der Waals surface area contributed by atoms with Crippen LogP contribution in [0.1, 0.15) is 23.0 Å². The molecule has 2 rings (SSSR count). The summed E-state index contributed by atoms with van der Waals surface area (Å²) in [4.78, 5) is 0. The summed E-state index contributed by atoms with van der Waals surface area (Å²) < 4.78 is 18.9. The van der Waals surface area contributed by atoms with Crippen LogP contribution in [-0.2, 0) is 0 Å². The Morgan fingerprint density at radius 1 is 0.955 bits per heavy atom. The van der Waals surface area contributed by atoms with E-state index in [1.807, 2.05) is 24.3 Å². The van der Waals surface area contributed by atoms with Gasteiger partial charge < -0.3 is 4.74 Å². The van der Waals surface area contributed by atoms with Crippen molar-refractivity contribution >= 4 is 34.8 Å². The predicted octanol–water partition coefficient (Wildman–Crippen LogP) is 5.83. The summed E-state index contributed by atoms with van der Waals surface area (Å²) in [7, 11) is 1.62. The van der Waals surface area contributed by atoms with Crippen molar-refractivity contribution in [3.63, 3.8) is 0 Å². The number of methoxy groups -OCH3 is 1. The lowest BCUT2D eigenvalue weighted by Gasteiger charge is -2.25. The van der Waals surface area contributed by atoms with Crippen LogP contribution in [0.25, 0.3) is 0 Å². The maximum absolute atomic E-state index is 13.7. The molecule has 0 amide bonds. The van der Waals surface area contributed by atoms with E-state index in [-0.39, 0.29) is 16.9 Å². The molecule has 0 aliphatic heterocycles. The molecular weight excluding hydrogens is 346 g/mol. The SMILES string of the molecule is COc1ccc(C(CCl)C(CCl)c2ccc(Cl)c(F)c2)cc1. The summed E-state index contributed by atoms with van der Waals surface area (Å²) in [6, 6.07) is 12.4. The van der Waals surface area contributed by atoms with Gasteiger partial charge in [0, 0.05) is 23.6 Å². The van der Waals surface area contributed by atoms with Crippen LogP contribution in [0.2, 0.25) is 5.02 Å². The molecule has 2 atom stereocenters. The zero-order chi connectivity index (χ0) is 16.1. The van der Waals surface area contributed by atoms with Gasteiger partial charge >= 0.3 is 0 Å². The number of benzene rings is 2. The number of rotatable bonds is 6. The molecule has 2 aromatic rings. The molecule has 2 aromatic carbocycles. The first-order chi connectivity index (χ1) is 10.6. The molecule has 0 saturated heterocycles. The average Bonchev–Trinajstić information content (AvgIpc) is 2.55. The smallest absolute Gasteiger partial charge is 0.142 e. The number of ether oxygens (including phenoxy) is 1. The topological polar surface area (TPSA) is 9.23 Å². The van der Waals surface area contributed by atoms with Crippen LogP contribution in [0.3, 0.4) is 0 Å². The van der Waals surface area contributed by atoms with Gasteiger partial charge in [-0.2, -0.15) is 0 Å². The van der Waals surface area contributed by atoms with Crippen LogP contribution >= 0.6 is 34.8 Å². The lowest BCUT2D eigenvalue weighted by Crippen LogP contribution is -2.15. The Morgan fingerprint density at radius 2 is 1.50 bits per heavy atom. The number of hydrogen-bond donors (Lipinski definition) is 0. The molecule has 0 aliphatic carbocycles. The van der Waals surface area contributed by atoms with E-state index in [9.17, 15) is 4.39 Å². The van der Waals surface area contributed by atoms with E-state index in [4.69, 9.17) is 39.5 Å². The molecule has 0 spiro atoms. The van der Waals surface area contributed by atoms with Crippen LogP contribution < -0.4 is 4.74 Å². The summed E-state index contributed by atoms with van der Waals surface area (Å²) in [6.07, 6.45) is 0. The third kappa shape index (κ3) is 3.87. The van der Waals surface area contributed by atoms with Crippen LogP contribution in [-0.4, -0.2) is 18.9 Å². The van der Waals surface area contributed by atoms with Gasteiger partial charge in [-0.3, -0.25) is 0 Å². The maximum Gasteiger partial charge on any atom is 0.142 e. The summed E-state index contributed by atoms with van der Waals surface area (Å²) in [5, 5.41) is 0.101. The van der Waals surface area contributed by atoms with Crippen molar-refractivity contribution in [2.75, 3.05) is 18.9 Å². The molecule has 0 N–H and O–H groups in total. The molecule has 0 aliphatic rings.